The van der Waals surface area contributed by atoms with Crippen LogP contribution in [0.2, 0.25) is 0 Å². The Kier molecular flexibility index (Phi) is 4.89. The molecule has 1 fully saturated rings. The molecule has 2 heterocycles. The summed E-state index contributed by atoms with van der Waals surface area (Å²) in [5, 5.41) is 5.32. The molecule has 132 valence electrons. The fraction of sp³-hybridized carbons (Fsp3) is 0.294. The summed E-state index contributed by atoms with van der Waals surface area (Å²) in [7, 11) is 0. The van der Waals surface area contributed by atoms with Crippen LogP contribution in [0.4, 0.5) is 30.4 Å². The zero-order valence-electron chi connectivity index (χ0n) is 13.1. The Bertz CT molecular complexity index is 742. The Morgan fingerprint density at radius 2 is 2.00 bits per heavy atom. The van der Waals surface area contributed by atoms with E-state index in [2.05, 4.69) is 15.6 Å². The molecule has 5 nitrogen and oxygen atoms in total. The monoisotopic (exact) mass is 351 g/mol. The second-order valence-corrected chi connectivity index (χ2v) is 5.59. The Balaban J connectivity index is 1.68. The van der Waals surface area contributed by atoms with E-state index in [1.165, 1.54) is 30.5 Å². The van der Waals surface area contributed by atoms with Crippen molar-refractivity contribution in [2.75, 3.05) is 17.2 Å². The number of pyridine rings is 1. The van der Waals surface area contributed by atoms with Crippen LogP contribution in [0.1, 0.15) is 18.4 Å². The second kappa shape index (κ2) is 7.10. The molecule has 0 radical (unpaired) electrons. The first kappa shape index (κ1) is 17.2. The first-order chi connectivity index (χ1) is 11.9. The van der Waals surface area contributed by atoms with Crippen molar-refractivity contribution in [3.8, 4) is 0 Å². The minimum absolute atomic E-state index is 0.0846. The molecule has 0 bridgehead atoms. The summed E-state index contributed by atoms with van der Waals surface area (Å²) in [5.74, 6) is -0.00533. The molecule has 1 saturated heterocycles. The molecule has 3 rings (SSSR count). The van der Waals surface area contributed by atoms with E-state index in [0.29, 0.717) is 18.7 Å². The van der Waals surface area contributed by atoms with Crippen LogP contribution < -0.4 is 10.6 Å². The van der Waals surface area contributed by atoms with E-state index in [1.54, 1.807) is 6.07 Å². The lowest BCUT2D eigenvalue weighted by Gasteiger charge is -2.14. The third-order valence-corrected chi connectivity index (χ3v) is 3.75. The van der Waals surface area contributed by atoms with Crippen molar-refractivity contribution in [1.82, 2.24) is 4.98 Å². The predicted molar refractivity (Wildman–Crippen MR) is 86.6 cm³/mol. The molecule has 8 heteroatoms. The number of carbonyl (C=O) groups excluding carboxylic acids is 1. The number of halogens is 3. The first-order valence-corrected chi connectivity index (χ1v) is 7.75. The third kappa shape index (κ3) is 4.27. The number of nitrogens with zero attached hydrogens (tertiary/aromatic N) is 1. The summed E-state index contributed by atoms with van der Waals surface area (Å²) >= 11 is 0. The van der Waals surface area contributed by atoms with Crippen LogP contribution in [0.5, 0.6) is 0 Å². The number of aromatic nitrogens is 1. The molecule has 1 aliphatic rings. The summed E-state index contributed by atoms with van der Waals surface area (Å²) in [6.07, 6.45) is -2.02. The zero-order chi connectivity index (χ0) is 17.9. The lowest BCUT2D eigenvalue weighted by molar-refractivity contribution is -0.137. The van der Waals surface area contributed by atoms with Gasteiger partial charge in [0, 0.05) is 6.61 Å². The Morgan fingerprint density at radius 1 is 1.20 bits per heavy atom. The maximum atomic E-state index is 13.0. The smallest absolute Gasteiger partial charge is 0.368 e. The van der Waals surface area contributed by atoms with Crippen LogP contribution in [-0.2, 0) is 15.7 Å². The number of hydrogen-bond acceptors (Lipinski definition) is 4. The molecular weight excluding hydrogens is 335 g/mol. The summed E-state index contributed by atoms with van der Waals surface area (Å²) < 4.78 is 44.2. The van der Waals surface area contributed by atoms with E-state index in [0.717, 1.165) is 12.5 Å². The predicted octanol–water partition coefficient (Wildman–Crippen LogP) is 3.96. The highest BCUT2D eigenvalue weighted by Crippen LogP contribution is 2.35. The summed E-state index contributed by atoms with van der Waals surface area (Å²) in [5.41, 5.74) is -0.402. The Hall–Kier alpha value is -2.61. The molecule has 1 unspecified atom stereocenters. The van der Waals surface area contributed by atoms with Crippen molar-refractivity contribution in [3.63, 3.8) is 0 Å². The molecule has 1 aromatic heterocycles. The average Bonchev–Trinajstić information content (AvgIpc) is 3.11. The van der Waals surface area contributed by atoms with E-state index < -0.39 is 17.8 Å². The molecule has 0 aliphatic carbocycles. The van der Waals surface area contributed by atoms with Crippen molar-refractivity contribution >= 4 is 23.1 Å². The van der Waals surface area contributed by atoms with Crippen LogP contribution in [0.25, 0.3) is 0 Å². The number of rotatable bonds is 4. The summed E-state index contributed by atoms with van der Waals surface area (Å²) in [4.78, 5) is 16.0. The largest absolute Gasteiger partial charge is 0.418 e. The van der Waals surface area contributed by atoms with Crippen molar-refractivity contribution in [2.45, 2.75) is 25.1 Å². The molecule has 0 spiro atoms. The van der Waals surface area contributed by atoms with Gasteiger partial charge >= 0.3 is 6.18 Å². The molecule has 1 atom stereocenters. The van der Waals surface area contributed by atoms with Crippen LogP contribution >= 0.6 is 0 Å². The number of nitrogens with one attached hydrogen (secondary N) is 2. The lowest BCUT2D eigenvalue weighted by atomic mass is 10.1. The zero-order valence-corrected chi connectivity index (χ0v) is 13.1. The van der Waals surface area contributed by atoms with Crippen molar-refractivity contribution in [2.24, 2.45) is 0 Å². The lowest BCUT2D eigenvalue weighted by Crippen LogP contribution is -2.26. The highest BCUT2D eigenvalue weighted by Gasteiger charge is 2.33. The van der Waals surface area contributed by atoms with E-state index in [-0.39, 0.29) is 17.4 Å². The van der Waals surface area contributed by atoms with Gasteiger partial charge in [0.1, 0.15) is 11.9 Å². The van der Waals surface area contributed by atoms with Gasteiger partial charge in [-0.2, -0.15) is 13.2 Å². The summed E-state index contributed by atoms with van der Waals surface area (Å²) in [6.45, 7) is 0.567. The van der Waals surface area contributed by atoms with Crippen LogP contribution in [0.15, 0.2) is 42.6 Å². The van der Waals surface area contributed by atoms with Gasteiger partial charge in [0.05, 0.1) is 23.1 Å². The standard InChI is InChI=1S/C17H16F3N3O2/c18-17(19,20)12-4-1-2-5-13(12)23-15-8-7-11(10-21-15)22-16(24)14-6-3-9-25-14/h1-2,4-5,7-8,10,14H,3,6,9H2,(H,21,23)(H,22,24). The Labute approximate surface area is 142 Å². The van der Waals surface area contributed by atoms with Gasteiger partial charge in [0.25, 0.3) is 5.91 Å². The van der Waals surface area contributed by atoms with Crippen molar-refractivity contribution in [3.05, 3.63) is 48.2 Å². The molecular formula is C17H16F3N3O2. The average molecular weight is 351 g/mol. The SMILES string of the molecule is O=C(Nc1ccc(Nc2ccccc2C(F)(F)F)nc1)C1CCCO1. The van der Waals surface area contributed by atoms with Gasteiger partial charge in [-0.1, -0.05) is 12.1 Å². The highest BCUT2D eigenvalue weighted by atomic mass is 19.4. The summed E-state index contributed by atoms with van der Waals surface area (Å²) in [6, 6.07) is 8.23. The molecule has 2 N–H and O–H groups in total. The third-order valence-electron chi connectivity index (χ3n) is 3.75. The van der Waals surface area contributed by atoms with Crippen LogP contribution in [-0.4, -0.2) is 23.6 Å². The Morgan fingerprint density at radius 3 is 2.64 bits per heavy atom. The maximum Gasteiger partial charge on any atom is 0.418 e. The number of alkyl halides is 3. The molecule has 1 aromatic carbocycles. The quantitative estimate of drug-likeness (QED) is 0.875. The first-order valence-electron chi connectivity index (χ1n) is 7.75. The highest BCUT2D eigenvalue weighted by molar-refractivity contribution is 5.94. The van der Waals surface area contributed by atoms with Crippen LogP contribution in [0, 0.1) is 0 Å². The van der Waals surface area contributed by atoms with E-state index in [9.17, 15) is 18.0 Å². The van der Waals surface area contributed by atoms with Gasteiger partial charge in [-0.25, -0.2) is 4.98 Å². The van der Waals surface area contributed by atoms with Crippen molar-refractivity contribution < 1.29 is 22.7 Å². The van der Waals surface area contributed by atoms with Gasteiger partial charge < -0.3 is 15.4 Å². The molecule has 1 amide bonds. The van der Waals surface area contributed by atoms with Gasteiger partial charge in [0.2, 0.25) is 0 Å². The van der Waals surface area contributed by atoms with E-state index >= 15 is 0 Å². The normalized spacial score (nSPS) is 17.3. The number of benzene rings is 1. The number of anilines is 3. The van der Waals surface area contributed by atoms with Gasteiger partial charge in [-0.05, 0) is 37.1 Å². The molecule has 1 aliphatic heterocycles. The molecule has 0 saturated carbocycles. The molecule has 25 heavy (non-hydrogen) atoms. The number of hydrogen-bond donors (Lipinski definition) is 2. The van der Waals surface area contributed by atoms with Crippen LogP contribution in [0.3, 0.4) is 0 Å². The van der Waals surface area contributed by atoms with Crippen molar-refractivity contribution in [1.29, 1.82) is 0 Å². The van der Waals surface area contributed by atoms with E-state index in [4.69, 9.17) is 4.74 Å². The topological polar surface area (TPSA) is 63.2 Å². The van der Waals surface area contributed by atoms with Gasteiger partial charge in [-0.15, -0.1) is 0 Å². The maximum absolute atomic E-state index is 13.0. The molecule has 2 aromatic rings. The second-order valence-electron chi connectivity index (χ2n) is 5.59. The minimum atomic E-state index is -4.46. The number of carbonyl (C=O) groups is 1. The van der Waals surface area contributed by atoms with E-state index in [1.807, 2.05) is 0 Å². The fourth-order valence-corrected chi connectivity index (χ4v) is 2.53. The van der Waals surface area contributed by atoms with Gasteiger partial charge in [0.15, 0.2) is 0 Å². The number of ether oxygens (including phenoxy) is 1. The number of para-hydroxylation sites is 1. The minimum Gasteiger partial charge on any atom is -0.368 e. The fourth-order valence-electron chi connectivity index (χ4n) is 2.53. The number of amides is 1. The van der Waals surface area contributed by atoms with Gasteiger partial charge in [-0.3, -0.25) is 4.79 Å².